The molecule has 7 heteroatoms. The minimum absolute atomic E-state index is 0.0907. The van der Waals surface area contributed by atoms with E-state index in [0.29, 0.717) is 17.9 Å². The number of aromatic nitrogens is 2. The molecule has 1 amide bonds. The van der Waals surface area contributed by atoms with E-state index in [1.54, 1.807) is 24.3 Å². The fourth-order valence-electron chi connectivity index (χ4n) is 1.55. The van der Waals surface area contributed by atoms with Crippen LogP contribution in [0.5, 0.6) is 5.75 Å². The fourth-order valence-corrected chi connectivity index (χ4v) is 1.55. The number of carbonyl (C=O) groups is 2. The van der Waals surface area contributed by atoms with Gasteiger partial charge in [-0.25, -0.2) is 4.79 Å². The summed E-state index contributed by atoms with van der Waals surface area (Å²) in [5.74, 6) is -0.686. The van der Waals surface area contributed by atoms with Gasteiger partial charge in [-0.2, -0.15) is 5.10 Å². The zero-order valence-electron chi connectivity index (χ0n) is 10.7. The highest BCUT2D eigenvalue weighted by Gasteiger charge is 2.11. The lowest BCUT2D eigenvalue weighted by atomic mass is 10.2. The molecule has 1 heterocycles. The molecule has 0 aliphatic rings. The average molecular weight is 275 g/mol. The zero-order chi connectivity index (χ0) is 14.5. The number of hydrogen-bond donors (Lipinski definition) is 3. The summed E-state index contributed by atoms with van der Waals surface area (Å²) in [6, 6.07) is 7.85. The molecule has 2 rings (SSSR count). The van der Waals surface area contributed by atoms with Crippen LogP contribution in [0, 0.1) is 0 Å². The van der Waals surface area contributed by atoms with Crippen molar-refractivity contribution in [3.63, 3.8) is 0 Å². The quantitative estimate of drug-likeness (QED) is 0.771. The number of anilines is 1. The van der Waals surface area contributed by atoms with Crippen LogP contribution in [0.3, 0.4) is 0 Å². The molecule has 104 valence electrons. The van der Waals surface area contributed by atoms with Gasteiger partial charge in [-0.05, 0) is 31.2 Å². The van der Waals surface area contributed by atoms with E-state index in [4.69, 9.17) is 9.84 Å². The summed E-state index contributed by atoms with van der Waals surface area (Å²) < 4.78 is 5.27. The van der Waals surface area contributed by atoms with E-state index in [0.717, 1.165) is 0 Å². The Balaban J connectivity index is 2.05. The molecule has 7 nitrogen and oxygen atoms in total. The van der Waals surface area contributed by atoms with Crippen LogP contribution in [0.1, 0.15) is 27.8 Å². The molecule has 0 saturated carbocycles. The second kappa shape index (κ2) is 5.87. The number of nitrogens with zero attached hydrogens (tertiary/aromatic N) is 1. The van der Waals surface area contributed by atoms with Crippen molar-refractivity contribution in [2.75, 3.05) is 11.9 Å². The zero-order valence-corrected chi connectivity index (χ0v) is 10.7. The Hall–Kier alpha value is -2.83. The average Bonchev–Trinajstić information content (AvgIpc) is 2.88. The van der Waals surface area contributed by atoms with E-state index in [2.05, 4.69) is 15.5 Å². The van der Waals surface area contributed by atoms with Crippen LogP contribution in [0.2, 0.25) is 0 Å². The molecule has 20 heavy (non-hydrogen) atoms. The molecule has 0 saturated heterocycles. The summed E-state index contributed by atoms with van der Waals surface area (Å²) in [7, 11) is 0. The first-order valence-corrected chi connectivity index (χ1v) is 5.93. The third-order valence-electron chi connectivity index (χ3n) is 2.48. The van der Waals surface area contributed by atoms with Crippen molar-refractivity contribution >= 4 is 17.7 Å². The second-order valence-corrected chi connectivity index (χ2v) is 3.88. The van der Waals surface area contributed by atoms with Gasteiger partial charge in [0.25, 0.3) is 5.91 Å². The minimum atomic E-state index is -1.14. The largest absolute Gasteiger partial charge is 0.494 e. The number of carbonyl (C=O) groups excluding carboxylic acids is 1. The van der Waals surface area contributed by atoms with Crippen molar-refractivity contribution < 1.29 is 19.4 Å². The third-order valence-corrected chi connectivity index (χ3v) is 2.48. The number of nitrogens with one attached hydrogen (secondary N) is 2. The van der Waals surface area contributed by atoms with Gasteiger partial charge in [-0.3, -0.25) is 9.89 Å². The van der Waals surface area contributed by atoms with Crippen LogP contribution in [0.4, 0.5) is 5.82 Å². The number of H-pyrrole nitrogens is 1. The standard InChI is InChI=1S/C13H13N3O4/c1-2-20-9-5-3-8(4-6-9)12(17)14-11-7-10(13(18)19)15-16-11/h3-7H,2H2,1H3,(H,18,19)(H2,14,15,16,17). The van der Waals surface area contributed by atoms with E-state index in [1.807, 2.05) is 6.92 Å². The van der Waals surface area contributed by atoms with Gasteiger partial charge in [0.1, 0.15) is 11.4 Å². The summed E-state index contributed by atoms with van der Waals surface area (Å²) in [6.45, 7) is 2.43. The molecule has 0 unspecified atom stereocenters. The van der Waals surface area contributed by atoms with Crippen LogP contribution < -0.4 is 10.1 Å². The number of aromatic amines is 1. The molecular weight excluding hydrogens is 262 g/mol. The lowest BCUT2D eigenvalue weighted by molar-refractivity contribution is 0.0690. The molecule has 1 aromatic heterocycles. The maximum atomic E-state index is 11.9. The maximum absolute atomic E-state index is 11.9. The molecule has 1 aromatic carbocycles. The SMILES string of the molecule is CCOc1ccc(C(=O)Nc2cc(C(=O)O)[nH]n2)cc1. The second-order valence-electron chi connectivity index (χ2n) is 3.88. The third kappa shape index (κ3) is 3.14. The van der Waals surface area contributed by atoms with Crippen LogP contribution >= 0.6 is 0 Å². The van der Waals surface area contributed by atoms with E-state index < -0.39 is 5.97 Å². The molecule has 0 radical (unpaired) electrons. The van der Waals surface area contributed by atoms with Gasteiger partial charge >= 0.3 is 5.97 Å². The van der Waals surface area contributed by atoms with Gasteiger partial charge in [0.2, 0.25) is 0 Å². The van der Waals surface area contributed by atoms with Crippen LogP contribution in [0.15, 0.2) is 30.3 Å². The van der Waals surface area contributed by atoms with Gasteiger partial charge < -0.3 is 15.2 Å². The van der Waals surface area contributed by atoms with Crippen LogP contribution in [-0.4, -0.2) is 33.8 Å². The Labute approximate surface area is 114 Å². The molecule has 3 N–H and O–H groups in total. The number of benzene rings is 1. The summed E-state index contributed by atoms with van der Waals surface area (Å²) in [6.07, 6.45) is 0. The summed E-state index contributed by atoms with van der Waals surface area (Å²) >= 11 is 0. The Bertz CT molecular complexity index is 619. The smallest absolute Gasteiger partial charge is 0.353 e. The first-order chi connectivity index (χ1) is 9.60. The first kappa shape index (κ1) is 13.6. The highest BCUT2D eigenvalue weighted by atomic mass is 16.5. The highest BCUT2D eigenvalue weighted by molar-refractivity contribution is 6.04. The lowest BCUT2D eigenvalue weighted by Crippen LogP contribution is -2.12. The highest BCUT2D eigenvalue weighted by Crippen LogP contribution is 2.13. The predicted octanol–water partition coefficient (Wildman–Crippen LogP) is 1.76. The predicted molar refractivity (Wildman–Crippen MR) is 71.1 cm³/mol. The van der Waals surface area contributed by atoms with Gasteiger partial charge in [0, 0.05) is 11.6 Å². The molecule has 0 fully saturated rings. The van der Waals surface area contributed by atoms with Crippen molar-refractivity contribution in [3.05, 3.63) is 41.6 Å². The minimum Gasteiger partial charge on any atom is -0.494 e. The van der Waals surface area contributed by atoms with Crippen LogP contribution in [0.25, 0.3) is 0 Å². The van der Waals surface area contributed by atoms with Crippen molar-refractivity contribution in [3.8, 4) is 5.75 Å². The van der Waals surface area contributed by atoms with Crippen LogP contribution in [-0.2, 0) is 0 Å². The summed E-state index contributed by atoms with van der Waals surface area (Å²) in [4.78, 5) is 22.6. The normalized spacial score (nSPS) is 10.1. The number of hydrogen-bond acceptors (Lipinski definition) is 4. The lowest BCUT2D eigenvalue weighted by Gasteiger charge is -2.04. The monoisotopic (exact) mass is 275 g/mol. The van der Waals surface area contributed by atoms with E-state index in [9.17, 15) is 9.59 Å². The fraction of sp³-hybridized carbons (Fsp3) is 0.154. The molecular formula is C13H13N3O4. The Morgan fingerprint density at radius 2 is 2.05 bits per heavy atom. The summed E-state index contributed by atoms with van der Waals surface area (Å²) in [5, 5.41) is 17.2. The molecule has 0 spiro atoms. The maximum Gasteiger partial charge on any atom is 0.353 e. The summed E-state index contributed by atoms with van der Waals surface area (Å²) in [5.41, 5.74) is 0.334. The van der Waals surface area contributed by atoms with Gasteiger partial charge in [0.05, 0.1) is 6.61 Å². The Kier molecular flexibility index (Phi) is 3.99. The number of carboxylic acids is 1. The van der Waals surface area contributed by atoms with Crippen molar-refractivity contribution in [1.29, 1.82) is 0 Å². The number of amides is 1. The number of aromatic carboxylic acids is 1. The van der Waals surface area contributed by atoms with E-state index in [-0.39, 0.29) is 17.4 Å². The molecule has 0 aliphatic carbocycles. The van der Waals surface area contributed by atoms with Gasteiger partial charge in [-0.15, -0.1) is 0 Å². The van der Waals surface area contributed by atoms with Crippen molar-refractivity contribution in [1.82, 2.24) is 10.2 Å². The molecule has 0 atom stereocenters. The van der Waals surface area contributed by atoms with E-state index in [1.165, 1.54) is 6.07 Å². The Morgan fingerprint density at radius 3 is 2.60 bits per heavy atom. The van der Waals surface area contributed by atoms with Crippen molar-refractivity contribution in [2.45, 2.75) is 6.92 Å². The molecule has 2 aromatic rings. The Morgan fingerprint density at radius 1 is 1.35 bits per heavy atom. The van der Waals surface area contributed by atoms with E-state index >= 15 is 0 Å². The van der Waals surface area contributed by atoms with Gasteiger partial charge in [0.15, 0.2) is 5.82 Å². The molecule has 0 aliphatic heterocycles. The van der Waals surface area contributed by atoms with Crippen molar-refractivity contribution in [2.24, 2.45) is 0 Å². The number of rotatable bonds is 5. The molecule has 0 bridgehead atoms. The first-order valence-electron chi connectivity index (χ1n) is 5.93. The number of ether oxygens (including phenoxy) is 1. The number of carboxylic acid groups (broad SMARTS) is 1. The van der Waals surface area contributed by atoms with Gasteiger partial charge in [-0.1, -0.05) is 0 Å². The topological polar surface area (TPSA) is 104 Å².